The molecule has 3 aromatic rings. The highest BCUT2D eigenvalue weighted by Gasteiger charge is 2.22. The Morgan fingerprint density at radius 1 is 0.900 bits per heavy atom. The first-order chi connectivity index (χ1) is 14.5. The van der Waals surface area contributed by atoms with Crippen molar-refractivity contribution < 1.29 is 9.90 Å². The number of rotatable bonds is 5. The van der Waals surface area contributed by atoms with Crippen LogP contribution in [-0.4, -0.2) is 42.1 Å². The number of carbonyl (C=O) groups is 1. The van der Waals surface area contributed by atoms with Crippen molar-refractivity contribution in [1.82, 2.24) is 4.90 Å². The van der Waals surface area contributed by atoms with Crippen LogP contribution in [0.3, 0.4) is 0 Å². The van der Waals surface area contributed by atoms with Gasteiger partial charge in [0.2, 0.25) is 5.91 Å². The monoisotopic (exact) mass is 401 g/mol. The fraction of sp³-hybridized carbons (Fsp3) is 0.240. The summed E-state index contributed by atoms with van der Waals surface area (Å²) in [5, 5.41) is 9.70. The average Bonchev–Trinajstić information content (AvgIpc) is 2.79. The second kappa shape index (κ2) is 8.59. The Labute approximate surface area is 177 Å². The van der Waals surface area contributed by atoms with Gasteiger partial charge in [-0.3, -0.25) is 9.69 Å². The van der Waals surface area contributed by atoms with Crippen LogP contribution in [0.5, 0.6) is 5.75 Å². The number of phenolic OH excluding ortho intramolecular Hbond substituents is 1. The molecule has 1 aliphatic rings. The van der Waals surface area contributed by atoms with Gasteiger partial charge >= 0.3 is 0 Å². The van der Waals surface area contributed by atoms with E-state index >= 15 is 0 Å². The molecule has 0 spiro atoms. The molecule has 1 aliphatic heterocycles. The van der Waals surface area contributed by atoms with E-state index in [4.69, 9.17) is 5.73 Å². The lowest BCUT2D eigenvalue weighted by atomic mass is 10.00. The Kier molecular flexibility index (Phi) is 5.72. The molecular formula is C25H27N3O2. The van der Waals surface area contributed by atoms with E-state index in [1.54, 1.807) is 24.3 Å². The molecule has 3 N–H and O–H groups in total. The van der Waals surface area contributed by atoms with Crippen molar-refractivity contribution in [3.8, 4) is 16.9 Å². The molecule has 1 fully saturated rings. The number of carbonyl (C=O) groups excluding carboxylic acids is 1. The summed E-state index contributed by atoms with van der Waals surface area (Å²) in [6, 6.07) is 23.8. The molecule has 5 nitrogen and oxygen atoms in total. The van der Waals surface area contributed by atoms with E-state index in [0.29, 0.717) is 11.6 Å². The van der Waals surface area contributed by atoms with Crippen molar-refractivity contribution in [2.75, 3.05) is 31.1 Å². The number of nitrogens with two attached hydrogens (primary N) is 1. The Bertz CT molecular complexity index is 1010. The molecule has 154 valence electrons. The largest absolute Gasteiger partial charge is 0.508 e. The van der Waals surface area contributed by atoms with Crippen molar-refractivity contribution in [3.05, 3.63) is 83.9 Å². The first-order valence-corrected chi connectivity index (χ1v) is 10.3. The van der Waals surface area contributed by atoms with Crippen LogP contribution < -0.4 is 10.6 Å². The first-order valence-electron chi connectivity index (χ1n) is 10.3. The van der Waals surface area contributed by atoms with Crippen LogP contribution in [0.25, 0.3) is 11.1 Å². The average molecular weight is 402 g/mol. The fourth-order valence-corrected chi connectivity index (χ4v) is 4.05. The van der Waals surface area contributed by atoms with Gasteiger partial charge in [-0.1, -0.05) is 36.4 Å². The number of aromatic hydroxyl groups is 1. The molecule has 1 saturated heterocycles. The maximum atomic E-state index is 11.2. The van der Waals surface area contributed by atoms with Gasteiger partial charge in [-0.05, 0) is 60.0 Å². The standard InChI is InChI=1S/C25H27N3O2/c1-18(19-5-7-20(8-6-19)22-3-2-4-24(29)17-22)27-13-15-28(16-14-27)23-11-9-21(10-12-23)25(26)30/h2-12,17-18,29H,13-16H2,1H3,(H2,26,30). The molecule has 0 saturated carbocycles. The van der Waals surface area contributed by atoms with E-state index in [1.165, 1.54) is 5.56 Å². The molecule has 1 unspecified atom stereocenters. The number of hydrogen-bond donors (Lipinski definition) is 2. The molecule has 0 radical (unpaired) electrons. The number of anilines is 1. The second-order valence-corrected chi connectivity index (χ2v) is 7.78. The molecule has 0 aliphatic carbocycles. The minimum atomic E-state index is -0.393. The van der Waals surface area contributed by atoms with Gasteiger partial charge in [0.1, 0.15) is 5.75 Å². The van der Waals surface area contributed by atoms with Crippen LogP contribution in [0.15, 0.2) is 72.8 Å². The van der Waals surface area contributed by atoms with Gasteiger partial charge in [0.15, 0.2) is 0 Å². The van der Waals surface area contributed by atoms with E-state index in [-0.39, 0.29) is 5.75 Å². The molecular weight excluding hydrogens is 374 g/mol. The van der Waals surface area contributed by atoms with Gasteiger partial charge in [-0.2, -0.15) is 0 Å². The summed E-state index contributed by atoms with van der Waals surface area (Å²) >= 11 is 0. The summed E-state index contributed by atoms with van der Waals surface area (Å²) in [5.41, 5.74) is 10.4. The van der Waals surface area contributed by atoms with E-state index in [0.717, 1.165) is 43.0 Å². The van der Waals surface area contributed by atoms with E-state index < -0.39 is 5.91 Å². The number of benzene rings is 3. The summed E-state index contributed by atoms with van der Waals surface area (Å²) in [6.45, 7) is 6.10. The van der Waals surface area contributed by atoms with E-state index in [2.05, 4.69) is 41.0 Å². The van der Waals surface area contributed by atoms with Gasteiger partial charge < -0.3 is 15.7 Å². The zero-order chi connectivity index (χ0) is 21.1. The van der Waals surface area contributed by atoms with Crippen LogP contribution in [0, 0.1) is 0 Å². The lowest BCUT2D eigenvalue weighted by Crippen LogP contribution is -2.47. The van der Waals surface area contributed by atoms with Crippen LogP contribution >= 0.6 is 0 Å². The summed E-state index contributed by atoms with van der Waals surface area (Å²) in [6.07, 6.45) is 0. The summed E-state index contributed by atoms with van der Waals surface area (Å²) < 4.78 is 0. The topological polar surface area (TPSA) is 69.8 Å². The number of primary amides is 1. The molecule has 0 aromatic heterocycles. The first kappa shape index (κ1) is 20.0. The molecule has 1 heterocycles. The number of piperazine rings is 1. The zero-order valence-electron chi connectivity index (χ0n) is 17.2. The van der Waals surface area contributed by atoms with Crippen LogP contribution in [0.2, 0.25) is 0 Å². The summed E-state index contributed by atoms with van der Waals surface area (Å²) in [4.78, 5) is 16.1. The molecule has 3 aromatic carbocycles. The third-order valence-corrected chi connectivity index (χ3v) is 5.95. The van der Waals surface area contributed by atoms with Crippen LogP contribution in [0.4, 0.5) is 5.69 Å². The highest BCUT2D eigenvalue weighted by atomic mass is 16.3. The van der Waals surface area contributed by atoms with Crippen molar-refractivity contribution in [2.24, 2.45) is 5.73 Å². The zero-order valence-corrected chi connectivity index (χ0v) is 17.2. The Hall–Kier alpha value is -3.31. The van der Waals surface area contributed by atoms with Gasteiger partial charge in [0.25, 0.3) is 0 Å². The minimum absolute atomic E-state index is 0.284. The molecule has 4 rings (SSSR count). The number of phenols is 1. The molecule has 1 atom stereocenters. The van der Waals surface area contributed by atoms with Crippen molar-refractivity contribution >= 4 is 11.6 Å². The molecule has 0 bridgehead atoms. The lowest BCUT2D eigenvalue weighted by molar-refractivity contribution is 0.100. The Morgan fingerprint density at radius 3 is 2.17 bits per heavy atom. The van der Waals surface area contributed by atoms with Gasteiger partial charge in [0, 0.05) is 43.5 Å². The van der Waals surface area contributed by atoms with Crippen molar-refractivity contribution in [3.63, 3.8) is 0 Å². The van der Waals surface area contributed by atoms with E-state index in [1.807, 2.05) is 24.3 Å². The molecule has 30 heavy (non-hydrogen) atoms. The molecule has 5 heteroatoms. The fourth-order valence-electron chi connectivity index (χ4n) is 4.05. The predicted molar refractivity (Wildman–Crippen MR) is 121 cm³/mol. The molecule has 1 amide bonds. The highest BCUT2D eigenvalue weighted by molar-refractivity contribution is 5.93. The minimum Gasteiger partial charge on any atom is -0.508 e. The number of amides is 1. The summed E-state index contributed by atoms with van der Waals surface area (Å²) in [7, 11) is 0. The van der Waals surface area contributed by atoms with Gasteiger partial charge in [-0.15, -0.1) is 0 Å². The summed E-state index contributed by atoms with van der Waals surface area (Å²) in [5.74, 6) is -0.109. The predicted octanol–water partition coefficient (Wildman–Crippen LogP) is 4.04. The van der Waals surface area contributed by atoms with Gasteiger partial charge in [0.05, 0.1) is 0 Å². The third kappa shape index (κ3) is 4.31. The second-order valence-electron chi connectivity index (χ2n) is 7.78. The third-order valence-electron chi connectivity index (χ3n) is 5.95. The van der Waals surface area contributed by atoms with Crippen LogP contribution in [-0.2, 0) is 0 Å². The quantitative estimate of drug-likeness (QED) is 0.677. The van der Waals surface area contributed by atoms with Crippen molar-refractivity contribution in [2.45, 2.75) is 13.0 Å². The Balaban J connectivity index is 1.38. The number of nitrogens with zero attached hydrogens (tertiary/aromatic N) is 2. The maximum absolute atomic E-state index is 11.2. The van der Waals surface area contributed by atoms with Crippen molar-refractivity contribution in [1.29, 1.82) is 0 Å². The smallest absolute Gasteiger partial charge is 0.248 e. The van der Waals surface area contributed by atoms with E-state index in [9.17, 15) is 9.90 Å². The number of hydrogen-bond acceptors (Lipinski definition) is 4. The highest BCUT2D eigenvalue weighted by Crippen LogP contribution is 2.28. The SMILES string of the molecule is CC(c1ccc(-c2cccc(O)c2)cc1)N1CCN(c2ccc(C(N)=O)cc2)CC1. The normalized spacial score (nSPS) is 15.7. The van der Waals surface area contributed by atoms with Gasteiger partial charge in [-0.25, -0.2) is 0 Å². The maximum Gasteiger partial charge on any atom is 0.248 e. The van der Waals surface area contributed by atoms with Crippen LogP contribution in [0.1, 0.15) is 28.9 Å². The lowest BCUT2D eigenvalue weighted by Gasteiger charge is -2.39. The Morgan fingerprint density at radius 2 is 1.57 bits per heavy atom.